The van der Waals surface area contributed by atoms with Crippen LogP contribution in [0.1, 0.15) is 113 Å². The van der Waals surface area contributed by atoms with Gasteiger partial charge in [-0.2, -0.15) is 0 Å². The summed E-state index contributed by atoms with van der Waals surface area (Å²) in [5, 5.41) is 21.8. The van der Waals surface area contributed by atoms with Crippen LogP contribution in [0.25, 0.3) is 0 Å². The van der Waals surface area contributed by atoms with Crippen molar-refractivity contribution in [2.24, 2.45) is 16.6 Å². The van der Waals surface area contributed by atoms with Gasteiger partial charge in [0, 0.05) is 50.6 Å². The number of carbonyl (C=O) groups excluding carboxylic acids is 5. The number of ketones is 1. The standard InChI is InChI=1S/C37H50N8O9S/c1-36(2,51)30-21-39-43-45(30)26-20-29(34(49)41-37(31(46)32(38)47)15-17-54-18-16-37)44(22-26)35(50)28(19-23-7-4-3-5-8-23)40-33(48)24-11-13-27(14-12-24)55(52,53)42-25-9-6-10-25/h11-14,21,23,25-26,29,42,51H,3-10,15-20,22H2,1-2H3,(H2,38,47)(H,41,49)/b40-28+/t26-,29-/m0/s1. The molecule has 6 rings (SSSR count). The van der Waals surface area contributed by atoms with Crippen LogP contribution in [-0.2, 0) is 39.5 Å². The molecule has 55 heavy (non-hydrogen) atoms. The van der Waals surface area contributed by atoms with Gasteiger partial charge in [-0.1, -0.05) is 43.7 Å². The molecule has 5 N–H and O–H groups in total. The Morgan fingerprint density at radius 1 is 1.02 bits per heavy atom. The number of ether oxygens (including phenoxy) is 1. The number of primary amides is 1. The molecule has 1 aromatic heterocycles. The van der Waals surface area contributed by atoms with Crippen LogP contribution >= 0.6 is 0 Å². The zero-order valence-electron chi connectivity index (χ0n) is 31.2. The Bertz CT molecular complexity index is 1920. The molecular weight excluding hydrogens is 733 g/mol. The molecule has 2 aliphatic heterocycles. The molecule has 3 heterocycles. The summed E-state index contributed by atoms with van der Waals surface area (Å²) in [6, 6.07) is 3.39. The van der Waals surface area contributed by atoms with E-state index in [-0.39, 0.29) is 73.6 Å². The molecule has 2 atom stereocenters. The Labute approximate surface area is 319 Å². The molecule has 1 aromatic carbocycles. The van der Waals surface area contributed by atoms with Gasteiger partial charge >= 0.3 is 0 Å². The molecule has 17 nitrogen and oxygen atoms in total. The largest absolute Gasteiger partial charge is 0.384 e. The second-order valence-corrected chi connectivity index (χ2v) is 17.4. The number of aliphatic imine (C=N–C) groups is 1. The van der Waals surface area contributed by atoms with Gasteiger partial charge in [-0.15, -0.1) is 5.10 Å². The van der Waals surface area contributed by atoms with E-state index in [1.165, 1.54) is 40.0 Å². The summed E-state index contributed by atoms with van der Waals surface area (Å²) in [6.45, 7) is 3.21. The number of likely N-dealkylation sites (tertiary alicyclic amines) is 1. The predicted octanol–water partition coefficient (Wildman–Crippen LogP) is 1.45. The van der Waals surface area contributed by atoms with Gasteiger partial charge in [-0.05, 0) is 63.3 Å². The van der Waals surface area contributed by atoms with Gasteiger partial charge in [-0.3, -0.25) is 24.0 Å². The smallest absolute Gasteiger partial charge is 0.287 e. The van der Waals surface area contributed by atoms with Crippen LogP contribution in [0, 0.1) is 5.92 Å². The fraction of sp³-hybridized carbons (Fsp3) is 0.622. The van der Waals surface area contributed by atoms with Gasteiger partial charge in [0.25, 0.3) is 17.7 Å². The zero-order valence-corrected chi connectivity index (χ0v) is 32.1. The molecule has 298 valence electrons. The normalized spacial score (nSPS) is 22.5. The summed E-state index contributed by atoms with van der Waals surface area (Å²) in [6.07, 6.45) is 8.64. The molecule has 0 unspecified atom stereocenters. The van der Waals surface area contributed by atoms with Crippen LogP contribution in [0.3, 0.4) is 0 Å². The minimum atomic E-state index is -3.78. The lowest BCUT2D eigenvalue weighted by Crippen LogP contribution is -2.63. The minimum absolute atomic E-state index is 0.00314. The maximum absolute atomic E-state index is 14.8. The summed E-state index contributed by atoms with van der Waals surface area (Å²) >= 11 is 0. The first-order valence-electron chi connectivity index (χ1n) is 19.0. The quantitative estimate of drug-likeness (QED) is 0.167. The van der Waals surface area contributed by atoms with Crippen LogP contribution in [0.5, 0.6) is 0 Å². The average molecular weight is 783 g/mol. The monoisotopic (exact) mass is 782 g/mol. The highest BCUT2D eigenvalue weighted by molar-refractivity contribution is 7.89. The lowest BCUT2D eigenvalue weighted by Gasteiger charge is -2.37. The molecule has 2 saturated heterocycles. The Morgan fingerprint density at radius 2 is 1.69 bits per heavy atom. The lowest BCUT2D eigenvalue weighted by molar-refractivity contribution is -0.146. The van der Waals surface area contributed by atoms with Crippen molar-refractivity contribution in [2.75, 3.05) is 19.8 Å². The Kier molecular flexibility index (Phi) is 12.0. The zero-order chi connectivity index (χ0) is 39.5. The molecule has 2 aromatic rings. The van der Waals surface area contributed by atoms with Crippen LogP contribution in [-0.4, -0.2) is 106 Å². The van der Waals surface area contributed by atoms with Crippen molar-refractivity contribution in [3.05, 3.63) is 41.7 Å². The molecule has 0 spiro atoms. The lowest BCUT2D eigenvalue weighted by atomic mass is 9.84. The van der Waals surface area contributed by atoms with E-state index in [0.717, 1.165) is 51.4 Å². The van der Waals surface area contributed by atoms with E-state index in [1.807, 2.05) is 0 Å². The number of sulfonamides is 1. The fourth-order valence-corrected chi connectivity index (χ4v) is 9.19. The van der Waals surface area contributed by atoms with Crippen molar-refractivity contribution >= 4 is 45.1 Å². The maximum Gasteiger partial charge on any atom is 0.287 e. The predicted molar refractivity (Wildman–Crippen MR) is 197 cm³/mol. The first-order chi connectivity index (χ1) is 26.1. The number of aromatic nitrogens is 3. The van der Waals surface area contributed by atoms with Crippen molar-refractivity contribution in [1.29, 1.82) is 0 Å². The van der Waals surface area contributed by atoms with Crippen molar-refractivity contribution < 1.29 is 42.2 Å². The molecule has 2 aliphatic carbocycles. The van der Waals surface area contributed by atoms with Crippen LogP contribution in [0.2, 0.25) is 0 Å². The third-order valence-corrected chi connectivity index (χ3v) is 12.8. The summed E-state index contributed by atoms with van der Waals surface area (Å²) in [7, 11) is -3.78. The highest BCUT2D eigenvalue weighted by atomic mass is 32.2. The van der Waals surface area contributed by atoms with Gasteiger partial charge in [0.1, 0.15) is 22.9 Å². The fourth-order valence-electron chi connectivity index (χ4n) is 7.89. The third kappa shape index (κ3) is 9.03. The molecule has 4 fully saturated rings. The summed E-state index contributed by atoms with van der Waals surface area (Å²) in [5.74, 6) is -4.26. The van der Waals surface area contributed by atoms with E-state index in [9.17, 15) is 37.5 Å². The number of nitrogens with one attached hydrogen (secondary N) is 2. The maximum atomic E-state index is 14.8. The van der Waals surface area contributed by atoms with E-state index in [0.29, 0.717) is 5.69 Å². The van der Waals surface area contributed by atoms with Gasteiger partial charge < -0.3 is 25.8 Å². The van der Waals surface area contributed by atoms with Crippen molar-refractivity contribution in [2.45, 2.75) is 125 Å². The number of hydrogen-bond acceptors (Lipinski definition) is 11. The molecule has 0 radical (unpaired) electrons. The average Bonchev–Trinajstić information content (AvgIpc) is 3.82. The van der Waals surface area contributed by atoms with E-state index in [2.05, 4.69) is 25.3 Å². The number of Topliss-reactive ketones (excluding diaryl/α,β-unsaturated/α-hetero) is 1. The highest BCUT2D eigenvalue weighted by Crippen LogP contribution is 2.34. The molecule has 2 saturated carbocycles. The first kappa shape index (κ1) is 40.3. The summed E-state index contributed by atoms with van der Waals surface area (Å²) in [4.78, 5) is 73.7. The van der Waals surface area contributed by atoms with Crippen molar-refractivity contribution in [1.82, 2.24) is 29.9 Å². The Balaban J connectivity index is 1.33. The number of hydrogen-bond donors (Lipinski definition) is 4. The first-order valence-corrected chi connectivity index (χ1v) is 20.5. The number of benzene rings is 1. The molecule has 0 bridgehead atoms. The van der Waals surface area contributed by atoms with Crippen LogP contribution < -0.4 is 15.8 Å². The Hall–Kier alpha value is -4.39. The number of rotatable bonds is 13. The minimum Gasteiger partial charge on any atom is -0.384 e. The number of amides is 4. The molecule has 4 aliphatic rings. The van der Waals surface area contributed by atoms with E-state index in [4.69, 9.17) is 10.5 Å². The van der Waals surface area contributed by atoms with Gasteiger partial charge in [0.2, 0.25) is 21.7 Å². The molecule has 18 heteroatoms. The SMILES string of the molecule is CC(C)(O)c1cnnn1[C@H]1C[C@@H](C(=O)NC2(C(=O)C(N)=O)CCOCC2)N(C(=O)/C(CC2CCCCC2)=N/C(=O)c2ccc(S(=O)(=O)NC3CCC3)cc2)C1. The van der Waals surface area contributed by atoms with Crippen LogP contribution in [0.4, 0.5) is 0 Å². The van der Waals surface area contributed by atoms with Crippen molar-refractivity contribution in [3.8, 4) is 0 Å². The van der Waals surface area contributed by atoms with Crippen LogP contribution in [0.15, 0.2) is 40.4 Å². The molecule has 4 amide bonds. The van der Waals surface area contributed by atoms with E-state index in [1.54, 1.807) is 13.8 Å². The van der Waals surface area contributed by atoms with Gasteiger partial charge in [-0.25, -0.2) is 22.8 Å². The second kappa shape index (κ2) is 16.4. The van der Waals surface area contributed by atoms with Gasteiger partial charge in [0.15, 0.2) is 0 Å². The number of aliphatic hydroxyl groups is 1. The molecular formula is C37H50N8O9S. The topological polar surface area (TPSA) is 245 Å². The third-order valence-electron chi connectivity index (χ3n) is 11.3. The summed E-state index contributed by atoms with van der Waals surface area (Å²) < 4.78 is 35.3. The summed E-state index contributed by atoms with van der Waals surface area (Å²) in [5.41, 5.74) is 2.76. The van der Waals surface area contributed by atoms with Gasteiger partial charge in [0.05, 0.1) is 22.8 Å². The number of nitrogens with two attached hydrogens (primary N) is 1. The van der Waals surface area contributed by atoms with E-state index < -0.39 is 62.7 Å². The Morgan fingerprint density at radius 3 is 2.29 bits per heavy atom. The number of carbonyl (C=O) groups is 5. The second-order valence-electron chi connectivity index (χ2n) is 15.7. The van der Waals surface area contributed by atoms with Crippen molar-refractivity contribution in [3.63, 3.8) is 0 Å². The highest BCUT2D eigenvalue weighted by Gasteiger charge is 2.49. The number of nitrogens with zero attached hydrogens (tertiary/aromatic N) is 5. The van der Waals surface area contributed by atoms with E-state index >= 15 is 0 Å².